The Morgan fingerprint density at radius 1 is 0.500 bits per heavy atom. The molecule has 2 atom stereocenters. The molecule has 0 aromatic rings. The number of carbonyl (C=O) groups is 1. The highest BCUT2D eigenvalue weighted by Crippen LogP contribution is 2.15. The number of hydrogen-bond donors (Lipinski definition) is 3. The molecule has 288 valence electrons. The monoisotopic (exact) mass is 696 g/mol. The second-order valence-corrected chi connectivity index (χ2v) is 14.0. The van der Waals surface area contributed by atoms with Crippen molar-refractivity contribution in [2.45, 2.75) is 206 Å². The number of aliphatic hydroxyl groups is 2. The summed E-state index contributed by atoms with van der Waals surface area (Å²) in [5.74, 6) is -0.0736. The molecule has 4 nitrogen and oxygen atoms in total. The van der Waals surface area contributed by atoms with Crippen LogP contribution in [0.15, 0.2) is 72.9 Å². The van der Waals surface area contributed by atoms with E-state index >= 15 is 0 Å². The van der Waals surface area contributed by atoms with Crippen molar-refractivity contribution in [2.24, 2.45) is 0 Å². The van der Waals surface area contributed by atoms with Crippen molar-refractivity contribution in [3.05, 3.63) is 72.9 Å². The van der Waals surface area contributed by atoms with E-state index in [4.69, 9.17) is 0 Å². The molecular formula is C46H81NO3. The van der Waals surface area contributed by atoms with Crippen molar-refractivity contribution >= 4 is 5.91 Å². The zero-order chi connectivity index (χ0) is 36.4. The van der Waals surface area contributed by atoms with Gasteiger partial charge in [-0.05, 0) is 64.2 Å². The largest absolute Gasteiger partial charge is 0.394 e. The van der Waals surface area contributed by atoms with Crippen molar-refractivity contribution in [3.63, 3.8) is 0 Å². The first-order valence-corrected chi connectivity index (χ1v) is 21.2. The Morgan fingerprint density at radius 2 is 0.880 bits per heavy atom. The number of unbranched alkanes of at least 4 members (excludes halogenated alkanes) is 20. The second kappa shape index (κ2) is 41.3. The van der Waals surface area contributed by atoms with Gasteiger partial charge in [-0.15, -0.1) is 0 Å². The van der Waals surface area contributed by atoms with Gasteiger partial charge >= 0.3 is 0 Å². The fourth-order valence-corrected chi connectivity index (χ4v) is 5.97. The Hall–Kier alpha value is -2.17. The maximum absolute atomic E-state index is 12.2. The van der Waals surface area contributed by atoms with Crippen LogP contribution in [0.25, 0.3) is 0 Å². The Labute approximate surface area is 310 Å². The van der Waals surface area contributed by atoms with Crippen LogP contribution in [0.4, 0.5) is 0 Å². The van der Waals surface area contributed by atoms with E-state index in [0.29, 0.717) is 6.42 Å². The van der Waals surface area contributed by atoms with Gasteiger partial charge in [-0.25, -0.2) is 0 Å². The lowest BCUT2D eigenvalue weighted by Crippen LogP contribution is -2.45. The summed E-state index contributed by atoms with van der Waals surface area (Å²) in [5.41, 5.74) is 0. The number of hydrogen-bond acceptors (Lipinski definition) is 3. The first-order chi connectivity index (χ1) is 24.7. The molecule has 0 radical (unpaired) electrons. The van der Waals surface area contributed by atoms with Crippen molar-refractivity contribution in [1.29, 1.82) is 0 Å². The molecule has 0 aliphatic carbocycles. The van der Waals surface area contributed by atoms with E-state index in [1.165, 1.54) is 116 Å². The van der Waals surface area contributed by atoms with Gasteiger partial charge in [0.2, 0.25) is 5.91 Å². The Bertz CT molecular complexity index is 884. The predicted octanol–water partition coefficient (Wildman–Crippen LogP) is 13.1. The van der Waals surface area contributed by atoms with E-state index in [-0.39, 0.29) is 12.5 Å². The molecular weight excluding hydrogens is 615 g/mol. The smallest absolute Gasteiger partial charge is 0.220 e. The second-order valence-electron chi connectivity index (χ2n) is 14.0. The molecule has 4 heteroatoms. The Balaban J connectivity index is 3.42. The molecule has 0 saturated heterocycles. The minimum atomic E-state index is -0.836. The number of carbonyl (C=O) groups excluding carboxylic acids is 1. The van der Waals surface area contributed by atoms with Gasteiger partial charge in [0.05, 0.1) is 18.8 Å². The molecule has 0 spiro atoms. The SMILES string of the molecule is CC/C=C\C/C=C\C/C=C\C/C=C\C/C=C\CCCCCCCCCCCCCCCCCCCC(=O)NC(CO)C(O)/C=C/CCCCC. The topological polar surface area (TPSA) is 69.6 Å². The first-order valence-electron chi connectivity index (χ1n) is 21.2. The van der Waals surface area contributed by atoms with Crippen LogP contribution in [-0.4, -0.2) is 34.9 Å². The molecule has 50 heavy (non-hydrogen) atoms. The molecule has 0 aliphatic heterocycles. The summed E-state index contributed by atoms with van der Waals surface area (Å²) in [6, 6.07) is -0.619. The van der Waals surface area contributed by atoms with Gasteiger partial charge in [-0.3, -0.25) is 4.79 Å². The number of rotatable bonds is 37. The molecule has 2 unspecified atom stereocenters. The third kappa shape index (κ3) is 37.1. The van der Waals surface area contributed by atoms with Crippen LogP contribution >= 0.6 is 0 Å². The summed E-state index contributed by atoms with van der Waals surface area (Å²) >= 11 is 0. The molecule has 0 aliphatic rings. The Kier molecular flexibility index (Phi) is 39.5. The fraction of sp³-hybridized carbons (Fsp3) is 0.717. The van der Waals surface area contributed by atoms with Crippen LogP contribution in [0.1, 0.15) is 194 Å². The molecule has 3 N–H and O–H groups in total. The summed E-state index contributed by atoms with van der Waals surface area (Å²) in [6.07, 6.45) is 59.1. The summed E-state index contributed by atoms with van der Waals surface area (Å²) in [5, 5.41) is 22.6. The fourth-order valence-electron chi connectivity index (χ4n) is 5.97. The molecule has 0 fully saturated rings. The lowest BCUT2D eigenvalue weighted by atomic mass is 10.0. The van der Waals surface area contributed by atoms with Gasteiger partial charge in [0, 0.05) is 6.42 Å². The van der Waals surface area contributed by atoms with Crippen LogP contribution in [0.5, 0.6) is 0 Å². The van der Waals surface area contributed by atoms with Crippen LogP contribution < -0.4 is 5.32 Å². The molecule has 0 aromatic heterocycles. The quantitative estimate of drug-likeness (QED) is 0.0447. The van der Waals surface area contributed by atoms with E-state index in [2.05, 4.69) is 79.9 Å². The van der Waals surface area contributed by atoms with E-state index in [1.807, 2.05) is 6.08 Å². The van der Waals surface area contributed by atoms with Crippen LogP contribution in [0, 0.1) is 0 Å². The highest BCUT2D eigenvalue weighted by Gasteiger charge is 2.17. The molecule has 0 rings (SSSR count). The van der Waals surface area contributed by atoms with Crippen LogP contribution in [0.3, 0.4) is 0 Å². The van der Waals surface area contributed by atoms with Crippen LogP contribution in [-0.2, 0) is 4.79 Å². The first kappa shape index (κ1) is 47.8. The maximum Gasteiger partial charge on any atom is 0.220 e. The van der Waals surface area contributed by atoms with Crippen molar-refractivity contribution in [2.75, 3.05) is 6.61 Å². The van der Waals surface area contributed by atoms with Gasteiger partial charge in [-0.1, -0.05) is 196 Å². The van der Waals surface area contributed by atoms with Gasteiger partial charge in [0.25, 0.3) is 0 Å². The average molecular weight is 696 g/mol. The highest BCUT2D eigenvalue weighted by molar-refractivity contribution is 5.76. The molecule has 0 aromatic carbocycles. The zero-order valence-corrected chi connectivity index (χ0v) is 32.9. The van der Waals surface area contributed by atoms with Crippen LogP contribution in [0.2, 0.25) is 0 Å². The van der Waals surface area contributed by atoms with Gasteiger partial charge < -0.3 is 15.5 Å². The van der Waals surface area contributed by atoms with E-state index in [1.54, 1.807) is 6.08 Å². The minimum absolute atomic E-state index is 0.0736. The lowest BCUT2D eigenvalue weighted by Gasteiger charge is -2.20. The highest BCUT2D eigenvalue weighted by atomic mass is 16.3. The summed E-state index contributed by atoms with van der Waals surface area (Å²) in [4.78, 5) is 12.2. The van der Waals surface area contributed by atoms with Gasteiger partial charge in [-0.2, -0.15) is 0 Å². The number of aliphatic hydroxyl groups excluding tert-OH is 2. The summed E-state index contributed by atoms with van der Waals surface area (Å²) < 4.78 is 0. The normalized spacial score (nSPS) is 13.8. The average Bonchev–Trinajstić information content (AvgIpc) is 3.12. The number of nitrogens with one attached hydrogen (secondary N) is 1. The molecule has 0 heterocycles. The lowest BCUT2D eigenvalue weighted by molar-refractivity contribution is -0.123. The van der Waals surface area contributed by atoms with Crippen molar-refractivity contribution in [3.8, 4) is 0 Å². The van der Waals surface area contributed by atoms with Crippen molar-refractivity contribution in [1.82, 2.24) is 5.32 Å². The molecule has 0 saturated carbocycles. The van der Waals surface area contributed by atoms with Gasteiger partial charge in [0.15, 0.2) is 0 Å². The predicted molar refractivity (Wildman–Crippen MR) is 220 cm³/mol. The summed E-state index contributed by atoms with van der Waals surface area (Å²) in [7, 11) is 0. The Morgan fingerprint density at radius 3 is 1.32 bits per heavy atom. The van der Waals surface area contributed by atoms with E-state index in [0.717, 1.165) is 57.8 Å². The van der Waals surface area contributed by atoms with Gasteiger partial charge in [0.1, 0.15) is 0 Å². The summed E-state index contributed by atoms with van der Waals surface area (Å²) in [6.45, 7) is 4.08. The van der Waals surface area contributed by atoms with E-state index in [9.17, 15) is 15.0 Å². The standard InChI is InChI=1S/C46H81NO3/c1-3-5-7-9-10-11-12-13-14-15-16-17-18-19-20-21-22-23-24-25-26-27-28-29-30-31-32-33-34-35-36-38-40-42-46(50)47-44(43-48)45(49)41-39-37-8-6-4-2/h5,7,10-11,13-14,16-17,19-20,39,41,44-45,48-49H,3-4,6,8-9,12,15,18,21-38,40,42-43H2,1-2H3,(H,47,50)/b7-5-,11-10-,14-13-,17-16-,20-19-,41-39+. The number of allylic oxidation sites excluding steroid dienone is 11. The zero-order valence-electron chi connectivity index (χ0n) is 32.9. The molecule has 0 bridgehead atoms. The van der Waals surface area contributed by atoms with Crippen molar-refractivity contribution < 1.29 is 15.0 Å². The third-order valence-corrected chi connectivity index (χ3v) is 9.20. The molecule has 1 amide bonds. The third-order valence-electron chi connectivity index (χ3n) is 9.20. The minimum Gasteiger partial charge on any atom is -0.394 e. The maximum atomic E-state index is 12.2. The number of amides is 1. The van der Waals surface area contributed by atoms with E-state index < -0.39 is 12.1 Å².